The summed E-state index contributed by atoms with van der Waals surface area (Å²) in [5, 5.41) is 12.1. The van der Waals surface area contributed by atoms with E-state index in [2.05, 4.69) is 5.32 Å². The molecular formula is C13H15NO5S. The van der Waals surface area contributed by atoms with Crippen molar-refractivity contribution in [2.24, 2.45) is 0 Å². The minimum Gasteiger partial charge on any atom is -0.486 e. The number of hydrogen-bond acceptors (Lipinski definition) is 5. The first kappa shape index (κ1) is 13.4. The van der Waals surface area contributed by atoms with Crippen LogP contribution in [0.15, 0.2) is 18.2 Å². The number of carboxylic acids is 1. The Labute approximate surface area is 118 Å². The number of hydrogen-bond donors (Lipinski definition) is 2. The number of aliphatic carboxylic acids is 1. The highest BCUT2D eigenvalue weighted by atomic mass is 32.2. The molecule has 6 nitrogen and oxygen atoms in total. The highest BCUT2D eigenvalue weighted by molar-refractivity contribution is 7.85. The van der Waals surface area contributed by atoms with Crippen LogP contribution in [0.3, 0.4) is 0 Å². The Hall–Kier alpha value is -1.60. The molecule has 2 aliphatic heterocycles. The molecule has 3 rings (SSSR count). The second kappa shape index (κ2) is 5.41. The Bertz CT molecular complexity index is 562. The summed E-state index contributed by atoms with van der Waals surface area (Å²) in [4.78, 5) is 11.1. The number of fused-ring (bicyclic) bond motifs is 1. The van der Waals surface area contributed by atoms with Crippen molar-refractivity contribution >= 4 is 16.8 Å². The van der Waals surface area contributed by atoms with Gasteiger partial charge in [-0.2, -0.15) is 0 Å². The standard InChI is InChI=1S/C13H15NO5S/c15-13(16)10-7-20(17)6-9(14-10)8-1-2-11-12(5-8)19-4-3-18-11/h1-2,5,9-10,14H,3-4,6-7H2,(H,15,16). The number of carbonyl (C=O) groups is 1. The third-order valence-corrected chi connectivity index (χ3v) is 4.78. The number of rotatable bonds is 2. The van der Waals surface area contributed by atoms with Crippen molar-refractivity contribution < 1.29 is 23.6 Å². The Balaban J connectivity index is 1.84. The third-order valence-electron chi connectivity index (χ3n) is 3.37. The fourth-order valence-electron chi connectivity index (χ4n) is 2.39. The Morgan fingerprint density at radius 3 is 2.75 bits per heavy atom. The molecule has 20 heavy (non-hydrogen) atoms. The van der Waals surface area contributed by atoms with Gasteiger partial charge in [-0.05, 0) is 17.7 Å². The summed E-state index contributed by atoms with van der Waals surface area (Å²) in [5.41, 5.74) is 0.869. The molecule has 1 aromatic carbocycles. The zero-order chi connectivity index (χ0) is 14.1. The van der Waals surface area contributed by atoms with Gasteiger partial charge in [0.15, 0.2) is 11.5 Å². The van der Waals surface area contributed by atoms with Crippen molar-refractivity contribution in [3.05, 3.63) is 23.8 Å². The molecule has 2 N–H and O–H groups in total. The molecule has 1 fully saturated rings. The van der Waals surface area contributed by atoms with Gasteiger partial charge in [0.1, 0.15) is 19.3 Å². The molecule has 108 valence electrons. The van der Waals surface area contributed by atoms with E-state index in [4.69, 9.17) is 14.6 Å². The molecule has 0 aromatic heterocycles. The van der Waals surface area contributed by atoms with E-state index in [0.29, 0.717) is 30.5 Å². The van der Waals surface area contributed by atoms with Gasteiger partial charge in [-0.1, -0.05) is 6.07 Å². The summed E-state index contributed by atoms with van der Waals surface area (Å²) in [7, 11) is -1.14. The molecule has 0 spiro atoms. The average Bonchev–Trinajstić information content (AvgIpc) is 2.46. The summed E-state index contributed by atoms with van der Waals surface area (Å²) >= 11 is 0. The maximum atomic E-state index is 11.8. The van der Waals surface area contributed by atoms with Gasteiger partial charge in [0, 0.05) is 28.3 Å². The Morgan fingerprint density at radius 2 is 2.00 bits per heavy atom. The second-order valence-electron chi connectivity index (χ2n) is 4.79. The highest BCUT2D eigenvalue weighted by Crippen LogP contribution is 2.33. The molecule has 3 unspecified atom stereocenters. The first-order valence-corrected chi connectivity index (χ1v) is 7.85. The van der Waals surface area contributed by atoms with Crippen LogP contribution >= 0.6 is 0 Å². The molecule has 0 aliphatic carbocycles. The first-order valence-electron chi connectivity index (χ1n) is 6.37. The van der Waals surface area contributed by atoms with E-state index in [0.717, 1.165) is 5.56 Å². The fourth-order valence-corrected chi connectivity index (χ4v) is 3.80. The minimum atomic E-state index is -1.14. The summed E-state index contributed by atoms with van der Waals surface area (Å²) < 4.78 is 22.8. The van der Waals surface area contributed by atoms with Crippen LogP contribution in [-0.2, 0) is 15.6 Å². The fraction of sp³-hybridized carbons (Fsp3) is 0.462. The predicted octanol–water partition coefficient (Wildman–Crippen LogP) is 0.304. The van der Waals surface area contributed by atoms with Crippen molar-refractivity contribution in [1.29, 1.82) is 0 Å². The lowest BCUT2D eigenvalue weighted by Gasteiger charge is -2.29. The molecule has 7 heteroatoms. The van der Waals surface area contributed by atoms with E-state index in [1.165, 1.54) is 0 Å². The molecule has 0 radical (unpaired) electrons. The van der Waals surface area contributed by atoms with Gasteiger partial charge >= 0.3 is 5.97 Å². The van der Waals surface area contributed by atoms with Crippen molar-refractivity contribution in [2.45, 2.75) is 12.1 Å². The lowest BCUT2D eigenvalue weighted by molar-refractivity contribution is -0.139. The van der Waals surface area contributed by atoms with Crippen LogP contribution in [0.4, 0.5) is 0 Å². The Morgan fingerprint density at radius 1 is 1.25 bits per heavy atom. The van der Waals surface area contributed by atoms with Crippen LogP contribution in [0.5, 0.6) is 11.5 Å². The van der Waals surface area contributed by atoms with E-state index in [9.17, 15) is 9.00 Å². The van der Waals surface area contributed by atoms with Crippen molar-refractivity contribution in [3.63, 3.8) is 0 Å². The molecule has 1 saturated heterocycles. The van der Waals surface area contributed by atoms with Gasteiger partial charge in [0.25, 0.3) is 0 Å². The zero-order valence-corrected chi connectivity index (χ0v) is 11.5. The molecule has 3 atom stereocenters. The first-order chi connectivity index (χ1) is 9.63. The molecule has 0 saturated carbocycles. The third kappa shape index (κ3) is 2.64. The van der Waals surface area contributed by atoms with Gasteiger partial charge in [0.05, 0.1) is 0 Å². The lowest BCUT2D eigenvalue weighted by atomic mass is 10.1. The minimum absolute atomic E-state index is 0.149. The number of benzene rings is 1. The molecule has 2 heterocycles. The largest absolute Gasteiger partial charge is 0.486 e. The maximum absolute atomic E-state index is 11.8. The van der Waals surface area contributed by atoms with E-state index in [1.807, 2.05) is 12.1 Å². The number of ether oxygens (including phenoxy) is 2. The van der Waals surface area contributed by atoms with Crippen LogP contribution in [0.2, 0.25) is 0 Å². The van der Waals surface area contributed by atoms with Crippen LogP contribution in [-0.4, -0.2) is 46.0 Å². The molecular weight excluding hydrogens is 282 g/mol. The highest BCUT2D eigenvalue weighted by Gasteiger charge is 2.31. The monoisotopic (exact) mass is 297 g/mol. The quantitative estimate of drug-likeness (QED) is 0.817. The number of carboxylic acid groups (broad SMARTS) is 1. The van der Waals surface area contributed by atoms with Crippen molar-refractivity contribution in [2.75, 3.05) is 24.7 Å². The normalized spacial score (nSPS) is 28.9. The van der Waals surface area contributed by atoms with Crippen LogP contribution < -0.4 is 14.8 Å². The molecule has 0 bridgehead atoms. The molecule has 2 aliphatic rings. The molecule has 1 aromatic rings. The van der Waals surface area contributed by atoms with Crippen LogP contribution in [0, 0.1) is 0 Å². The molecule has 0 amide bonds. The van der Waals surface area contributed by atoms with E-state index in [1.54, 1.807) is 6.07 Å². The second-order valence-corrected chi connectivity index (χ2v) is 6.33. The van der Waals surface area contributed by atoms with Crippen LogP contribution in [0.25, 0.3) is 0 Å². The van der Waals surface area contributed by atoms with Gasteiger partial charge in [0.2, 0.25) is 0 Å². The summed E-state index contributed by atoms with van der Waals surface area (Å²) in [6.45, 7) is 1.03. The topological polar surface area (TPSA) is 84.9 Å². The smallest absolute Gasteiger partial charge is 0.321 e. The lowest BCUT2D eigenvalue weighted by Crippen LogP contribution is -2.49. The van der Waals surface area contributed by atoms with Gasteiger partial charge in [-0.25, -0.2) is 0 Å². The predicted molar refractivity (Wildman–Crippen MR) is 72.6 cm³/mol. The SMILES string of the molecule is O=C(O)C1CS(=O)CC(c2ccc3c(c2)OCCO3)N1. The zero-order valence-electron chi connectivity index (χ0n) is 10.7. The number of nitrogens with one attached hydrogen (secondary N) is 1. The van der Waals surface area contributed by atoms with E-state index < -0.39 is 22.8 Å². The van der Waals surface area contributed by atoms with Gasteiger partial charge in [-0.3, -0.25) is 14.3 Å². The van der Waals surface area contributed by atoms with Crippen LogP contribution in [0.1, 0.15) is 11.6 Å². The average molecular weight is 297 g/mol. The summed E-state index contributed by atoms with van der Waals surface area (Å²) in [6, 6.07) is 4.46. The maximum Gasteiger partial charge on any atom is 0.321 e. The Kier molecular flexibility index (Phi) is 3.62. The van der Waals surface area contributed by atoms with Crippen molar-refractivity contribution in [1.82, 2.24) is 5.32 Å². The summed E-state index contributed by atoms with van der Waals surface area (Å²) in [5.74, 6) is 0.922. The van der Waals surface area contributed by atoms with Crippen molar-refractivity contribution in [3.8, 4) is 11.5 Å². The van der Waals surface area contributed by atoms with Gasteiger partial charge < -0.3 is 14.6 Å². The summed E-state index contributed by atoms with van der Waals surface area (Å²) in [6.07, 6.45) is 0. The van der Waals surface area contributed by atoms with E-state index in [-0.39, 0.29) is 11.8 Å². The van der Waals surface area contributed by atoms with E-state index >= 15 is 0 Å². The van der Waals surface area contributed by atoms with Gasteiger partial charge in [-0.15, -0.1) is 0 Å².